The lowest BCUT2D eigenvalue weighted by molar-refractivity contribution is -0.137. The van der Waals surface area contributed by atoms with Gasteiger partial charge >= 0.3 is 5.97 Å². The molecule has 0 fully saturated rings. The van der Waals surface area contributed by atoms with Gasteiger partial charge in [-0.3, -0.25) is 9.59 Å². The predicted octanol–water partition coefficient (Wildman–Crippen LogP) is 4.05. The molecule has 5 nitrogen and oxygen atoms in total. The molecule has 0 spiro atoms. The van der Waals surface area contributed by atoms with E-state index in [-0.39, 0.29) is 24.7 Å². The first-order valence-corrected chi connectivity index (χ1v) is 8.83. The van der Waals surface area contributed by atoms with E-state index in [0.29, 0.717) is 5.56 Å². The van der Waals surface area contributed by atoms with Gasteiger partial charge in [-0.25, -0.2) is 4.39 Å². The second-order valence-electron chi connectivity index (χ2n) is 6.35. The fourth-order valence-electron chi connectivity index (χ4n) is 2.97. The summed E-state index contributed by atoms with van der Waals surface area (Å²) < 4.78 is 18.3. The molecule has 0 radical (unpaired) electrons. The van der Waals surface area contributed by atoms with Gasteiger partial charge in [-0.1, -0.05) is 31.2 Å². The number of methoxy groups -OCH3 is 1. The molecule has 144 valence electrons. The van der Waals surface area contributed by atoms with Crippen LogP contribution in [-0.2, 0) is 9.59 Å². The summed E-state index contributed by atoms with van der Waals surface area (Å²) in [5, 5.41) is 11.9. The highest BCUT2D eigenvalue weighted by Crippen LogP contribution is 2.26. The minimum Gasteiger partial charge on any atom is -0.497 e. The van der Waals surface area contributed by atoms with E-state index in [1.54, 1.807) is 7.11 Å². The third kappa shape index (κ3) is 6.09. The van der Waals surface area contributed by atoms with E-state index < -0.39 is 17.8 Å². The highest BCUT2D eigenvalue weighted by molar-refractivity contribution is 5.78. The zero-order valence-electron chi connectivity index (χ0n) is 15.4. The van der Waals surface area contributed by atoms with Crippen LogP contribution in [0.15, 0.2) is 48.5 Å². The van der Waals surface area contributed by atoms with Crippen LogP contribution in [0.5, 0.6) is 5.75 Å². The molecule has 6 heteroatoms. The topological polar surface area (TPSA) is 75.6 Å². The lowest BCUT2D eigenvalue weighted by atomic mass is 9.92. The number of nitrogens with one attached hydrogen (secondary N) is 1. The Morgan fingerprint density at radius 2 is 1.63 bits per heavy atom. The van der Waals surface area contributed by atoms with Gasteiger partial charge in [0.05, 0.1) is 19.6 Å². The number of benzene rings is 2. The Bertz CT molecular complexity index is 759. The molecule has 0 aliphatic heterocycles. The number of rotatable bonds is 9. The van der Waals surface area contributed by atoms with Crippen LogP contribution in [0, 0.1) is 5.82 Å². The van der Waals surface area contributed by atoms with Gasteiger partial charge < -0.3 is 15.2 Å². The second kappa shape index (κ2) is 9.71. The SMILES string of the molecule is CCC(CC(=O)NC(CC(=O)O)c1ccc(F)cc1)c1ccc(OC)cc1. The van der Waals surface area contributed by atoms with Crippen LogP contribution in [-0.4, -0.2) is 24.1 Å². The number of carboxylic acid groups (broad SMARTS) is 1. The molecule has 2 rings (SSSR count). The number of aliphatic carboxylic acids is 1. The van der Waals surface area contributed by atoms with Gasteiger partial charge in [-0.05, 0) is 47.7 Å². The Kier molecular flexibility index (Phi) is 7.34. The number of hydrogen-bond acceptors (Lipinski definition) is 3. The largest absolute Gasteiger partial charge is 0.497 e. The first kappa shape index (κ1) is 20.4. The number of amides is 1. The maximum Gasteiger partial charge on any atom is 0.305 e. The maximum atomic E-state index is 13.1. The highest BCUT2D eigenvalue weighted by Gasteiger charge is 2.21. The van der Waals surface area contributed by atoms with Gasteiger partial charge in [-0.15, -0.1) is 0 Å². The summed E-state index contributed by atoms with van der Waals surface area (Å²) in [5.74, 6) is -0.935. The fourth-order valence-corrected chi connectivity index (χ4v) is 2.97. The molecule has 0 saturated heterocycles. The maximum absolute atomic E-state index is 13.1. The van der Waals surface area contributed by atoms with Crippen LogP contribution in [0.3, 0.4) is 0 Å². The van der Waals surface area contributed by atoms with Gasteiger partial charge in [0.2, 0.25) is 5.91 Å². The van der Waals surface area contributed by atoms with Crippen molar-refractivity contribution in [3.63, 3.8) is 0 Å². The average molecular weight is 373 g/mol. The Labute approximate surface area is 158 Å². The van der Waals surface area contributed by atoms with Crippen molar-refractivity contribution in [2.24, 2.45) is 0 Å². The summed E-state index contributed by atoms with van der Waals surface area (Å²) in [6.45, 7) is 2.00. The van der Waals surface area contributed by atoms with E-state index in [4.69, 9.17) is 9.84 Å². The van der Waals surface area contributed by atoms with Crippen molar-refractivity contribution in [1.29, 1.82) is 0 Å². The molecule has 2 atom stereocenters. The lowest BCUT2D eigenvalue weighted by Crippen LogP contribution is -2.31. The first-order valence-electron chi connectivity index (χ1n) is 8.83. The molecule has 2 N–H and O–H groups in total. The van der Waals surface area contributed by atoms with Crippen LogP contribution in [0.4, 0.5) is 4.39 Å². The molecule has 0 heterocycles. The number of hydrogen-bond donors (Lipinski definition) is 2. The van der Waals surface area contributed by atoms with Gasteiger partial charge in [-0.2, -0.15) is 0 Å². The van der Waals surface area contributed by atoms with Crippen LogP contribution in [0.1, 0.15) is 49.3 Å². The fraction of sp³-hybridized carbons (Fsp3) is 0.333. The van der Waals surface area contributed by atoms with Crippen molar-refractivity contribution < 1.29 is 23.8 Å². The molecule has 27 heavy (non-hydrogen) atoms. The molecule has 0 aliphatic rings. The molecule has 0 aliphatic carbocycles. The smallest absolute Gasteiger partial charge is 0.305 e. The third-order valence-electron chi connectivity index (χ3n) is 4.50. The summed E-state index contributed by atoms with van der Waals surface area (Å²) in [6.07, 6.45) is 0.733. The minimum atomic E-state index is -1.04. The molecule has 2 aromatic rings. The molecule has 0 bridgehead atoms. The molecular weight excluding hydrogens is 349 g/mol. The number of carboxylic acids is 1. The molecule has 2 unspecified atom stereocenters. The van der Waals surface area contributed by atoms with Crippen molar-refractivity contribution >= 4 is 11.9 Å². The zero-order chi connectivity index (χ0) is 19.8. The van der Waals surface area contributed by atoms with E-state index in [1.165, 1.54) is 24.3 Å². The molecule has 2 aromatic carbocycles. The van der Waals surface area contributed by atoms with Gasteiger partial charge in [0, 0.05) is 6.42 Å². The second-order valence-corrected chi connectivity index (χ2v) is 6.35. The van der Waals surface area contributed by atoms with E-state index in [2.05, 4.69) is 5.32 Å². The first-order chi connectivity index (χ1) is 12.9. The van der Waals surface area contributed by atoms with E-state index >= 15 is 0 Å². The van der Waals surface area contributed by atoms with Crippen molar-refractivity contribution in [1.82, 2.24) is 5.32 Å². The van der Waals surface area contributed by atoms with E-state index in [1.807, 2.05) is 31.2 Å². The quantitative estimate of drug-likeness (QED) is 0.695. The monoisotopic (exact) mass is 373 g/mol. The van der Waals surface area contributed by atoms with Crippen molar-refractivity contribution in [2.75, 3.05) is 7.11 Å². The summed E-state index contributed by atoms with van der Waals surface area (Å²) in [6, 6.07) is 12.3. The Morgan fingerprint density at radius 3 is 2.15 bits per heavy atom. The van der Waals surface area contributed by atoms with Crippen LogP contribution >= 0.6 is 0 Å². The van der Waals surface area contributed by atoms with E-state index in [0.717, 1.165) is 17.7 Å². The summed E-state index contributed by atoms with van der Waals surface area (Å²) >= 11 is 0. The van der Waals surface area contributed by atoms with Crippen molar-refractivity contribution in [3.8, 4) is 5.75 Å². The third-order valence-corrected chi connectivity index (χ3v) is 4.50. The Hall–Kier alpha value is -2.89. The Balaban J connectivity index is 2.08. The van der Waals surface area contributed by atoms with Crippen molar-refractivity contribution in [2.45, 2.75) is 38.1 Å². The molecule has 0 saturated carbocycles. The van der Waals surface area contributed by atoms with Crippen LogP contribution < -0.4 is 10.1 Å². The van der Waals surface area contributed by atoms with Crippen LogP contribution in [0.2, 0.25) is 0 Å². The molecule has 1 amide bonds. The molecule has 0 aromatic heterocycles. The zero-order valence-corrected chi connectivity index (χ0v) is 15.4. The van der Waals surface area contributed by atoms with Gasteiger partial charge in [0.15, 0.2) is 0 Å². The molecular formula is C21H24FNO4. The minimum absolute atomic E-state index is 0.00889. The van der Waals surface area contributed by atoms with Gasteiger partial charge in [0.25, 0.3) is 0 Å². The average Bonchev–Trinajstić information content (AvgIpc) is 2.66. The summed E-state index contributed by atoms with van der Waals surface area (Å²) in [7, 11) is 1.60. The number of halogens is 1. The predicted molar refractivity (Wildman–Crippen MR) is 100 cm³/mol. The number of carbonyl (C=O) groups is 2. The van der Waals surface area contributed by atoms with Gasteiger partial charge in [0.1, 0.15) is 11.6 Å². The van der Waals surface area contributed by atoms with Crippen LogP contribution in [0.25, 0.3) is 0 Å². The number of carbonyl (C=O) groups excluding carboxylic acids is 1. The highest BCUT2D eigenvalue weighted by atomic mass is 19.1. The summed E-state index contributed by atoms with van der Waals surface area (Å²) in [5.41, 5.74) is 1.58. The Morgan fingerprint density at radius 1 is 1.04 bits per heavy atom. The van der Waals surface area contributed by atoms with E-state index in [9.17, 15) is 14.0 Å². The summed E-state index contributed by atoms with van der Waals surface area (Å²) in [4.78, 5) is 23.7. The van der Waals surface area contributed by atoms with Crippen molar-refractivity contribution in [3.05, 3.63) is 65.5 Å². The number of ether oxygens (including phenoxy) is 1. The lowest BCUT2D eigenvalue weighted by Gasteiger charge is -2.20. The standard InChI is InChI=1S/C21H24FNO4/c1-3-14(15-6-10-18(27-2)11-7-15)12-20(24)23-19(13-21(25)26)16-4-8-17(22)9-5-16/h4-11,14,19H,3,12-13H2,1-2H3,(H,23,24)(H,25,26). The normalized spacial score (nSPS) is 12.9.